The molecule has 0 fully saturated rings. The van der Waals surface area contributed by atoms with Gasteiger partial charge in [0.05, 0.1) is 18.5 Å². The summed E-state index contributed by atoms with van der Waals surface area (Å²) in [6, 6.07) is 8.57. The van der Waals surface area contributed by atoms with Crippen LogP contribution < -0.4 is 16.6 Å². The van der Waals surface area contributed by atoms with E-state index in [0.29, 0.717) is 18.1 Å². The Balaban J connectivity index is 1.94. The van der Waals surface area contributed by atoms with E-state index < -0.39 is 6.09 Å². The Kier molecular flexibility index (Phi) is 5.13. The van der Waals surface area contributed by atoms with Crippen LogP contribution in [0.3, 0.4) is 0 Å². The number of primary amides is 1. The molecule has 2 aromatic rings. The lowest BCUT2D eigenvalue weighted by Gasteiger charge is -2.13. The highest BCUT2D eigenvalue weighted by Gasteiger charge is 2.05. The first-order valence-corrected chi connectivity index (χ1v) is 6.86. The van der Waals surface area contributed by atoms with Gasteiger partial charge in [-0.1, -0.05) is 13.0 Å². The molecule has 116 valence electrons. The van der Waals surface area contributed by atoms with Gasteiger partial charge in [-0.15, -0.1) is 0 Å². The van der Waals surface area contributed by atoms with E-state index in [2.05, 4.69) is 10.3 Å². The summed E-state index contributed by atoms with van der Waals surface area (Å²) < 4.78 is 6.24. The van der Waals surface area contributed by atoms with Crippen LogP contribution in [0.25, 0.3) is 5.69 Å². The summed E-state index contributed by atoms with van der Waals surface area (Å²) in [6.07, 6.45) is 2.53. The Morgan fingerprint density at radius 2 is 2.23 bits per heavy atom. The molecule has 7 nitrogen and oxygen atoms in total. The van der Waals surface area contributed by atoms with Crippen molar-refractivity contribution >= 4 is 11.9 Å². The number of nitrogens with two attached hydrogens (primary N) is 1. The monoisotopic (exact) mass is 302 g/mol. The van der Waals surface area contributed by atoms with Gasteiger partial charge in [0.15, 0.2) is 0 Å². The first-order valence-electron chi connectivity index (χ1n) is 6.86. The molecule has 3 N–H and O–H groups in total. The number of hydrogen-bond donors (Lipinski definition) is 2. The Morgan fingerprint density at radius 1 is 1.41 bits per heavy atom. The van der Waals surface area contributed by atoms with Crippen LogP contribution in [0.4, 0.5) is 10.6 Å². The van der Waals surface area contributed by atoms with Crippen molar-refractivity contribution in [2.24, 2.45) is 11.7 Å². The van der Waals surface area contributed by atoms with Crippen LogP contribution in [-0.2, 0) is 4.74 Å². The third kappa shape index (κ3) is 4.34. The fourth-order valence-corrected chi connectivity index (χ4v) is 1.84. The molecule has 0 bridgehead atoms. The van der Waals surface area contributed by atoms with Gasteiger partial charge in [-0.3, -0.25) is 9.36 Å². The molecule has 1 unspecified atom stereocenters. The van der Waals surface area contributed by atoms with Crippen LogP contribution in [0.2, 0.25) is 0 Å². The third-order valence-corrected chi connectivity index (χ3v) is 2.99. The van der Waals surface area contributed by atoms with Gasteiger partial charge in [-0.25, -0.2) is 9.78 Å². The van der Waals surface area contributed by atoms with E-state index in [9.17, 15) is 9.59 Å². The zero-order valence-corrected chi connectivity index (χ0v) is 12.2. The largest absolute Gasteiger partial charge is 0.449 e. The standard InChI is InChI=1S/C15H18N4O3/c1-11(10-22-15(16)21)8-17-13-6-5-12(9-18-13)19-7-3-2-4-14(19)20/h2-7,9,11H,8,10H2,1H3,(H2,16,21)(H,17,18). The maximum absolute atomic E-state index is 11.7. The highest BCUT2D eigenvalue weighted by Crippen LogP contribution is 2.09. The normalized spacial score (nSPS) is 11.7. The summed E-state index contributed by atoms with van der Waals surface area (Å²) >= 11 is 0. The van der Waals surface area contributed by atoms with E-state index in [-0.39, 0.29) is 18.1 Å². The van der Waals surface area contributed by atoms with E-state index in [1.807, 2.05) is 6.92 Å². The molecule has 0 spiro atoms. The van der Waals surface area contributed by atoms with E-state index in [0.717, 1.165) is 0 Å². The van der Waals surface area contributed by atoms with Crippen LogP contribution in [0.5, 0.6) is 0 Å². The van der Waals surface area contributed by atoms with Crippen molar-refractivity contribution in [1.29, 1.82) is 0 Å². The quantitative estimate of drug-likeness (QED) is 0.839. The number of aromatic nitrogens is 2. The maximum Gasteiger partial charge on any atom is 0.404 e. The number of rotatable bonds is 6. The summed E-state index contributed by atoms with van der Waals surface area (Å²) in [5.74, 6) is 0.782. The molecule has 0 saturated heterocycles. The first kappa shape index (κ1) is 15.6. The molecule has 7 heteroatoms. The van der Waals surface area contributed by atoms with Crippen molar-refractivity contribution < 1.29 is 9.53 Å². The molecule has 0 aromatic carbocycles. The van der Waals surface area contributed by atoms with Gasteiger partial charge in [0.25, 0.3) is 5.56 Å². The second kappa shape index (κ2) is 7.26. The lowest BCUT2D eigenvalue weighted by molar-refractivity contribution is 0.142. The molecule has 2 rings (SSSR count). The van der Waals surface area contributed by atoms with Crippen molar-refractivity contribution in [2.45, 2.75) is 6.92 Å². The molecule has 1 atom stereocenters. The van der Waals surface area contributed by atoms with Crippen molar-refractivity contribution in [3.05, 3.63) is 53.1 Å². The van der Waals surface area contributed by atoms with Crippen LogP contribution in [-0.4, -0.2) is 28.8 Å². The van der Waals surface area contributed by atoms with Crippen LogP contribution in [0, 0.1) is 5.92 Å². The molecule has 0 saturated carbocycles. The summed E-state index contributed by atoms with van der Waals surface area (Å²) in [5.41, 5.74) is 5.50. The van der Waals surface area contributed by atoms with Crippen molar-refractivity contribution in [3.8, 4) is 5.69 Å². The van der Waals surface area contributed by atoms with Crippen LogP contribution >= 0.6 is 0 Å². The van der Waals surface area contributed by atoms with E-state index in [1.165, 1.54) is 10.6 Å². The molecule has 0 radical (unpaired) electrons. The van der Waals surface area contributed by atoms with Gasteiger partial charge in [0, 0.05) is 24.7 Å². The first-order chi connectivity index (χ1) is 10.6. The summed E-state index contributed by atoms with van der Waals surface area (Å²) in [5, 5.41) is 3.13. The number of nitrogens with zero attached hydrogens (tertiary/aromatic N) is 2. The number of hydrogen-bond acceptors (Lipinski definition) is 5. The molecule has 22 heavy (non-hydrogen) atoms. The average molecular weight is 302 g/mol. The predicted molar refractivity (Wildman–Crippen MR) is 83.0 cm³/mol. The number of carbonyl (C=O) groups is 1. The van der Waals surface area contributed by atoms with Gasteiger partial charge in [-0.05, 0) is 18.2 Å². The van der Waals surface area contributed by atoms with Gasteiger partial charge in [-0.2, -0.15) is 0 Å². The maximum atomic E-state index is 11.7. The average Bonchev–Trinajstić information content (AvgIpc) is 2.52. The van der Waals surface area contributed by atoms with Crippen molar-refractivity contribution in [3.63, 3.8) is 0 Å². The third-order valence-electron chi connectivity index (χ3n) is 2.99. The van der Waals surface area contributed by atoms with Gasteiger partial charge < -0.3 is 15.8 Å². The van der Waals surface area contributed by atoms with E-state index >= 15 is 0 Å². The second-order valence-electron chi connectivity index (χ2n) is 4.93. The number of ether oxygens (including phenoxy) is 1. The lowest BCUT2D eigenvalue weighted by atomic mass is 10.2. The van der Waals surface area contributed by atoms with Crippen molar-refractivity contribution in [2.75, 3.05) is 18.5 Å². The predicted octanol–water partition coefficient (Wildman–Crippen LogP) is 1.38. The Morgan fingerprint density at radius 3 is 2.86 bits per heavy atom. The molecule has 0 aliphatic heterocycles. The molecular weight excluding hydrogens is 284 g/mol. The molecular formula is C15H18N4O3. The summed E-state index contributed by atoms with van der Waals surface area (Å²) in [7, 11) is 0. The Hall–Kier alpha value is -2.83. The van der Waals surface area contributed by atoms with Crippen molar-refractivity contribution in [1.82, 2.24) is 9.55 Å². The zero-order valence-electron chi connectivity index (χ0n) is 12.2. The second-order valence-corrected chi connectivity index (χ2v) is 4.93. The Labute approximate surface area is 127 Å². The van der Waals surface area contributed by atoms with E-state index in [4.69, 9.17) is 10.5 Å². The molecule has 1 amide bonds. The van der Waals surface area contributed by atoms with Gasteiger partial charge in [0.2, 0.25) is 0 Å². The summed E-state index contributed by atoms with van der Waals surface area (Å²) in [4.78, 5) is 26.5. The van der Waals surface area contributed by atoms with Gasteiger partial charge >= 0.3 is 6.09 Å². The Bertz CT molecular complexity index is 682. The van der Waals surface area contributed by atoms with Crippen LogP contribution in [0.1, 0.15) is 6.92 Å². The fraction of sp³-hybridized carbons (Fsp3) is 0.267. The van der Waals surface area contributed by atoms with E-state index in [1.54, 1.807) is 36.7 Å². The molecule has 0 aliphatic rings. The SMILES string of the molecule is CC(CNc1ccc(-n2ccccc2=O)cn1)COC(N)=O. The van der Waals surface area contributed by atoms with Gasteiger partial charge in [0.1, 0.15) is 5.82 Å². The smallest absolute Gasteiger partial charge is 0.404 e. The minimum atomic E-state index is -0.775. The topological polar surface area (TPSA) is 99.2 Å². The number of amides is 1. The minimum absolute atomic E-state index is 0.103. The zero-order chi connectivity index (χ0) is 15.9. The highest BCUT2D eigenvalue weighted by molar-refractivity contribution is 5.64. The number of nitrogens with one attached hydrogen (secondary N) is 1. The minimum Gasteiger partial charge on any atom is -0.449 e. The molecule has 2 heterocycles. The lowest BCUT2D eigenvalue weighted by Crippen LogP contribution is -2.22. The number of carbonyl (C=O) groups excluding carboxylic acids is 1. The summed E-state index contributed by atoms with van der Waals surface area (Å²) in [6.45, 7) is 2.76. The number of anilines is 1. The molecule has 0 aliphatic carbocycles. The fourth-order valence-electron chi connectivity index (χ4n) is 1.84. The van der Waals surface area contributed by atoms with Crippen LogP contribution in [0.15, 0.2) is 47.5 Å². The number of pyridine rings is 2. The molecule has 2 aromatic heterocycles. The highest BCUT2D eigenvalue weighted by atomic mass is 16.5.